The highest BCUT2D eigenvalue weighted by molar-refractivity contribution is 5.71. The number of halogens is 2. The van der Waals surface area contributed by atoms with Crippen LogP contribution < -0.4 is 52.9 Å². The summed E-state index contributed by atoms with van der Waals surface area (Å²) < 4.78 is 4.65. The molecule has 4 aromatic rings. The number of pyridine rings is 2. The average Bonchev–Trinajstić information content (AvgIpc) is 3.34. The van der Waals surface area contributed by atoms with Crippen LogP contribution in [0, 0.1) is 0 Å². The molecule has 68 heavy (non-hydrogen) atoms. The van der Waals surface area contributed by atoms with Crippen molar-refractivity contribution >= 4 is 35.7 Å². The molecule has 0 aliphatic heterocycles. The molecule has 0 saturated carbocycles. The van der Waals surface area contributed by atoms with Crippen LogP contribution in [0.4, 0.5) is 11.4 Å². The summed E-state index contributed by atoms with van der Waals surface area (Å²) >= 11 is 0. The first-order valence-corrected chi connectivity index (χ1v) is 27.3. The van der Waals surface area contributed by atoms with Gasteiger partial charge in [-0.05, 0) is 59.4 Å². The number of aryl methyl sites for hydroxylation is 2. The SMILES string of the molecule is CCCCCCCCCCCCCCCC[n+]1ccc(/C=C/c2ccc(N(C)C)cc2)cc1.CCCCCCCCCCCCCCCC[n+]1ccc(/C=C/c2ccc(N(C)C)cc2)cc1.[Br-].[Br-]. The standard InChI is InChI=1S/2C31H49N2.2BrH/c2*1-4-5-6-7-8-9-10-11-12-13-14-15-16-17-26-33-27-24-30(25-28-33)19-18-29-20-22-31(23-21-29)32(2)3;;/h2*18-25,27-28H,4-17,26H2,1-3H3;2*1H/q2*+1;;/p-2. The van der Waals surface area contributed by atoms with E-state index in [1.165, 1.54) is 213 Å². The summed E-state index contributed by atoms with van der Waals surface area (Å²) in [6.07, 6.45) is 57.3. The molecule has 0 unspecified atom stereocenters. The molecule has 0 bridgehead atoms. The van der Waals surface area contributed by atoms with Gasteiger partial charge < -0.3 is 43.8 Å². The molecule has 4 nitrogen and oxygen atoms in total. The van der Waals surface area contributed by atoms with E-state index in [-0.39, 0.29) is 34.0 Å². The highest BCUT2D eigenvalue weighted by Crippen LogP contribution is 2.18. The topological polar surface area (TPSA) is 14.2 Å². The van der Waals surface area contributed by atoms with Crippen molar-refractivity contribution in [3.05, 3.63) is 120 Å². The predicted molar refractivity (Wildman–Crippen MR) is 293 cm³/mol. The zero-order chi connectivity index (χ0) is 47.1. The molecule has 0 N–H and O–H groups in total. The summed E-state index contributed by atoms with van der Waals surface area (Å²) in [5.41, 5.74) is 7.44. The molecule has 0 fully saturated rings. The minimum Gasteiger partial charge on any atom is -1.00 e. The largest absolute Gasteiger partial charge is 1.00 e. The van der Waals surface area contributed by atoms with Crippen molar-refractivity contribution in [3.8, 4) is 0 Å². The number of nitrogens with zero attached hydrogens (tertiary/aromatic N) is 4. The van der Waals surface area contributed by atoms with Gasteiger partial charge in [-0.3, -0.25) is 0 Å². The van der Waals surface area contributed by atoms with Crippen LogP contribution in [0.1, 0.15) is 216 Å². The molecule has 2 aromatic heterocycles. The van der Waals surface area contributed by atoms with E-state index in [9.17, 15) is 0 Å². The van der Waals surface area contributed by atoms with Crippen molar-refractivity contribution in [2.45, 2.75) is 207 Å². The lowest BCUT2D eigenvalue weighted by Gasteiger charge is -2.11. The fraction of sp³-hybridized carbons (Fsp3) is 0.581. The van der Waals surface area contributed by atoms with Crippen LogP contribution in [0.5, 0.6) is 0 Å². The van der Waals surface area contributed by atoms with Crippen molar-refractivity contribution in [2.75, 3.05) is 38.0 Å². The van der Waals surface area contributed by atoms with Crippen LogP contribution in [0.2, 0.25) is 0 Å². The van der Waals surface area contributed by atoms with E-state index in [4.69, 9.17) is 0 Å². The van der Waals surface area contributed by atoms with Crippen molar-refractivity contribution < 1.29 is 43.1 Å². The summed E-state index contributed by atoms with van der Waals surface area (Å²) in [6, 6.07) is 26.2. The van der Waals surface area contributed by atoms with Gasteiger partial charge in [0.15, 0.2) is 24.8 Å². The molecular weight excluding hydrogens is 961 g/mol. The Hall–Kier alpha value is -3.22. The molecule has 6 heteroatoms. The lowest BCUT2D eigenvalue weighted by molar-refractivity contribution is -0.697. The summed E-state index contributed by atoms with van der Waals surface area (Å²) in [4.78, 5) is 4.25. The molecular formula is C62H98Br2N4. The van der Waals surface area contributed by atoms with Gasteiger partial charge in [0.05, 0.1) is 0 Å². The smallest absolute Gasteiger partial charge is 0.169 e. The van der Waals surface area contributed by atoms with E-state index < -0.39 is 0 Å². The first-order valence-electron chi connectivity index (χ1n) is 27.3. The molecule has 0 aliphatic rings. The van der Waals surface area contributed by atoms with Crippen LogP contribution in [-0.4, -0.2) is 28.2 Å². The fourth-order valence-corrected chi connectivity index (χ4v) is 8.59. The average molecular weight is 1060 g/mol. The van der Waals surface area contributed by atoms with Gasteiger partial charge in [0.2, 0.25) is 0 Å². The third-order valence-electron chi connectivity index (χ3n) is 13.1. The fourth-order valence-electron chi connectivity index (χ4n) is 8.59. The maximum atomic E-state index is 2.32. The lowest BCUT2D eigenvalue weighted by atomic mass is 10.0. The number of aromatic nitrogens is 2. The first-order chi connectivity index (χ1) is 32.4. The monoisotopic (exact) mass is 1060 g/mol. The van der Waals surface area contributed by atoms with Crippen LogP contribution in [0.25, 0.3) is 24.3 Å². The Labute approximate surface area is 440 Å². The molecule has 4 rings (SSSR count). The molecule has 0 spiro atoms. The van der Waals surface area contributed by atoms with Gasteiger partial charge in [-0.25, -0.2) is 9.13 Å². The van der Waals surface area contributed by atoms with Gasteiger partial charge in [0.25, 0.3) is 0 Å². The van der Waals surface area contributed by atoms with E-state index in [1.807, 2.05) is 0 Å². The second-order valence-electron chi connectivity index (χ2n) is 19.6. The van der Waals surface area contributed by atoms with Crippen LogP contribution in [-0.2, 0) is 13.1 Å². The molecule has 2 aromatic carbocycles. The van der Waals surface area contributed by atoms with Crippen LogP contribution in [0.15, 0.2) is 97.6 Å². The maximum absolute atomic E-state index is 2.32. The van der Waals surface area contributed by atoms with Crippen LogP contribution >= 0.6 is 0 Å². The van der Waals surface area contributed by atoms with Gasteiger partial charge in [0, 0.05) is 76.7 Å². The van der Waals surface area contributed by atoms with Crippen LogP contribution in [0.3, 0.4) is 0 Å². The molecule has 0 atom stereocenters. The summed E-state index contributed by atoms with van der Waals surface area (Å²) in [5.74, 6) is 0. The highest BCUT2D eigenvalue weighted by atomic mass is 79.9. The van der Waals surface area contributed by atoms with E-state index >= 15 is 0 Å². The lowest BCUT2D eigenvalue weighted by Crippen LogP contribution is -3.00. The Morgan fingerprint density at radius 1 is 0.294 bits per heavy atom. The van der Waals surface area contributed by atoms with Crippen molar-refractivity contribution in [3.63, 3.8) is 0 Å². The Morgan fingerprint density at radius 2 is 0.500 bits per heavy atom. The van der Waals surface area contributed by atoms with E-state index in [2.05, 4.69) is 183 Å². The zero-order valence-corrected chi connectivity index (χ0v) is 47.5. The number of hydrogen-bond acceptors (Lipinski definition) is 2. The third kappa shape index (κ3) is 31.8. The van der Waals surface area contributed by atoms with Gasteiger partial charge >= 0.3 is 0 Å². The maximum Gasteiger partial charge on any atom is 0.169 e. The molecule has 380 valence electrons. The van der Waals surface area contributed by atoms with Crippen molar-refractivity contribution in [2.24, 2.45) is 0 Å². The normalized spacial score (nSPS) is 11.0. The van der Waals surface area contributed by atoms with Crippen molar-refractivity contribution in [1.29, 1.82) is 0 Å². The number of benzene rings is 2. The number of anilines is 2. The minimum atomic E-state index is 0. The Morgan fingerprint density at radius 3 is 0.721 bits per heavy atom. The first kappa shape index (κ1) is 62.8. The number of unbranched alkanes of at least 4 members (excludes halogenated alkanes) is 26. The van der Waals surface area contributed by atoms with Gasteiger partial charge in [-0.2, -0.15) is 0 Å². The predicted octanol–water partition coefficient (Wildman–Crippen LogP) is 11.4. The number of rotatable bonds is 36. The highest BCUT2D eigenvalue weighted by Gasteiger charge is 2.03. The molecule has 0 amide bonds. The molecule has 2 heterocycles. The minimum absolute atomic E-state index is 0. The molecule has 0 saturated heterocycles. The second-order valence-corrected chi connectivity index (χ2v) is 19.6. The van der Waals surface area contributed by atoms with E-state index in [0.29, 0.717) is 0 Å². The number of hydrogen-bond donors (Lipinski definition) is 0. The Kier molecular flexibility index (Phi) is 39.4. The van der Waals surface area contributed by atoms with E-state index in [0.717, 1.165) is 13.1 Å². The summed E-state index contributed by atoms with van der Waals surface area (Å²) in [5, 5.41) is 0. The zero-order valence-electron chi connectivity index (χ0n) is 44.3. The molecule has 0 radical (unpaired) electrons. The second kappa shape index (κ2) is 42.6. The Balaban J connectivity index is 0.000000661. The molecule has 0 aliphatic carbocycles. The van der Waals surface area contributed by atoms with Gasteiger partial charge in [-0.15, -0.1) is 0 Å². The summed E-state index contributed by atoms with van der Waals surface area (Å²) in [7, 11) is 8.29. The van der Waals surface area contributed by atoms with Crippen molar-refractivity contribution in [1.82, 2.24) is 0 Å². The quantitative estimate of drug-likeness (QED) is 0.0333. The summed E-state index contributed by atoms with van der Waals surface area (Å²) in [6.45, 7) is 6.85. The van der Waals surface area contributed by atoms with Gasteiger partial charge in [-0.1, -0.05) is 217 Å². The Bertz CT molecular complexity index is 1630. The third-order valence-corrected chi connectivity index (χ3v) is 13.1. The van der Waals surface area contributed by atoms with E-state index in [1.54, 1.807) is 0 Å². The van der Waals surface area contributed by atoms with Gasteiger partial charge in [0.1, 0.15) is 13.1 Å².